The molecule has 0 aromatic heterocycles. The minimum Gasteiger partial charge on any atom is -0.467 e. The summed E-state index contributed by atoms with van der Waals surface area (Å²) in [6.45, 7) is 0.0995. The zero-order valence-corrected chi connectivity index (χ0v) is 18.5. The fraction of sp³-hybridized carbons (Fsp3) is 0.348. The van der Waals surface area contributed by atoms with Crippen LogP contribution in [0.15, 0.2) is 60.7 Å². The summed E-state index contributed by atoms with van der Waals surface area (Å²) >= 11 is 1.55. The summed E-state index contributed by atoms with van der Waals surface area (Å²) in [5.74, 6) is -0.358. The fourth-order valence-corrected chi connectivity index (χ4v) is 3.34. The number of nitrogens with one attached hydrogen (secondary N) is 2. The molecule has 166 valence electrons. The van der Waals surface area contributed by atoms with Crippen LogP contribution in [0.3, 0.4) is 0 Å². The van der Waals surface area contributed by atoms with E-state index in [1.165, 1.54) is 7.11 Å². The number of hydrogen-bond acceptors (Lipinski definition) is 6. The van der Waals surface area contributed by atoms with E-state index in [0.717, 1.165) is 11.1 Å². The van der Waals surface area contributed by atoms with Gasteiger partial charge in [-0.25, -0.2) is 9.59 Å². The number of thioether (sulfide) groups is 1. The van der Waals surface area contributed by atoms with Crippen molar-refractivity contribution in [2.45, 2.75) is 31.5 Å². The maximum absolute atomic E-state index is 12.9. The number of amides is 2. The number of esters is 1. The van der Waals surface area contributed by atoms with Gasteiger partial charge >= 0.3 is 12.1 Å². The Morgan fingerprint density at radius 3 is 2.10 bits per heavy atom. The average Bonchev–Trinajstić information content (AvgIpc) is 2.80. The van der Waals surface area contributed by atoms with Crippen LogP contribution in [0, 0.1) is 0 Å². The summed E-state index contributed by atoms with van der Waals surface area (Å²) in [6, 6.07) is 16.9. The van der Waals surface area contributed by atoms with Crippen LogP contribution in [0.4, 0.5) is 4.79 Å². The molecule has 7 nitrogen and oxygen atoms in total. The fourth-order valence-electron chi connectivity index (χ4n) is 2.87. The molecule has 0 saturated heterocycles. The van der Waals surface area contributed by atoms with Crippen molar-refractivity contribution >= 4 is 29.7 Å². The Labute approximate surface area is 186 Å². The smallest absolute Gasteiger partial charge is 0.408 e. The number of rotatable bonds is 11. The van der Waals surface area contributed by atoms with Gasteiger partial charge in [-0.2, -0.15) is 11.8 Å². The predicted octanol–water partition coefficient (Wildman–Crippen LogP) is 2.94. The number of methoxy groups -OCH3 is 1. The molecule has 31 heavy (non-hydrogen) atoms. The highest BCUT2D eigenvalue weighted by Gasteiger charge is 2.27. The Balaban J connectivity index is 1.99. The lowest BCUT2D eigenvalue weighted by atomic mass is 10.1. The molecule has 0 bridgehead atoms. The number of hydrogen-bond donors (Lipinski definition) is 2. The van der Waals surface area contributed by atoms with Gasteiger partial charge in [-0.1, -0.05) is 60.7 Å². The van der Waals surface area contributed by atoms with Crippen molar-refractivity contribution in [1.82, 2.24) is 10.6 Å². The monoisotopic (exact) mass is 444 g/mol. The van der Waals surface area contributed by atoms with Crippen molar-refractivity contribution in [3.05, 3.63) is 71.8 Å². The highest BCUT2D eigenvalue weighted by Crippen LogP contribution is 2.08. The molecule has 2 aromatic carbocycles. The van der Waals surface area contributed by atoms with Crippen LogP contribution in [0.5, 0.6) is 0 Å². The maximum Gasteiger partial charge on any atom is 0.408 e. The van der Waals surface area contributed by atoms with Crippen molar-refractivity contribution in [2.24, 2.45) is 0 Å². The van der Waals surface area contributed by atoms with Crippen molar-refractivity contribution < 1.29 is 23.9 Å². The van der Waals surface area contributed by atoms with Crippen molar-refractivity contribution in [1.29, 1.82) is 0 Å². The van der Waals surface area contributed by atoms with Gasteiger partial charge in [0.25, 0.3) is 0 Å². The van der Waals surface area contributed by atoms with E-state index in [1.54, 1.807) is 11.8 Å². The molecule has 0 heterocycles. The third-order valence-electron chi connectivity index (χ3n) is 4.52. The molecule has 8 heteroatoms. The van der Waals surface area contributed by atoms with Gasteiger partial charge in [-0.15, -0.1) is 0 Å². The minimum absolute atomic E-state index is 0.0995. The molecule has 0 aliphatic rings. The second-order valence-electron chi connectivity index (χ2n) is 6.81. The van der Waals surface area contributed by atoms with Gasteiger partial charge < -0.3 is 20.1 Å². The largest absolute Gasteiger partial charge is 0.467 e. The molecular formula is C23H28N2O5S. The second kappa shape index (κ2) is 13.3. The van der Waals surface area contributed by atoms with Gasteiger partial charge in [-0.3, -0.25) is 4.79 Å². The van der Waals surface area contributed by atoms with Gasteiger partial charge in [0.05, 0.1) is 7.11 Å². The molecule has 0 unspecified atom stereocenters. The van der Waals surface area contributed by atoms with Crippen LogP contribution in [0.25, 0.3) is 0 Å². The van der Waals surface area contributed by atoms with Gasteiger partial charge in [0.15, 0.2) is 0 Å². The van der Waals surface area contributed by atoms with E-state index in [2.05, 4.69) is 10.6 Å². The Bertz CT molecular complexity index is 832. The van der Waals surface area contributed by atoms with Crippen LogP contribution in [0.2, 0.25) is 0 Å². The van der Waals surface area contributed by atoms with Gasteiger partial charge in [-0.05, 0) is 29.6 Å². The van der Waals surface area contributed by atoms with E-state index < -0.39 is 30.1 Å². The van der Waals surface area contributed by atoms with Crippen LogP contribution in [-0.4, -0.2) is 49.2 Å². The third-order valence-corrected chi connectivity index (χ3v) is 5.16. The molecule has 0 spiro atoms. The lowest BCUT2D eigenvalue weighted by molar-refractivity contribution is -0.145. The Morgan fingerprint density at radius 2 is 1.52 bits per heavy atom. The first-order valence-electron chi connectivity index (χ1n) is 9.91. The molecule has 2 amide bonds. The molecule has 2 aromatic rings. The SMILES string of the molecule is COC(=O)[C@H](Cc1ccccc1)NC(=O)[C@H](CCSC)NC(=O)OCc1ccccc1. The summed E-state index contributed by atoms with van der Waals surface area (Å²) < 4.78 is 10.1. The zero-order valence-electron chi connectivity index (χ0n) is 17.7. The van der Waals surface area contributed by atoms with Gasteiger partial charge in [0.2, 0.25) is 5.91 Å². The number of ether oxygens (including phenoxy) is 2. The lowest BCUT2D eigenvalue weighted by Gasteiger charge is -2.22. The Hall–Kier alpha value is -3.00. The highest BCUT2D eigenvalue weighted by atomic mass is 32.2. The van der Waals surface area contributed by atoms with Crippen LogP contribution < -0.4 is 10.6 Å². The summed E-state index contributed by atoms with van der Waals surface area (Å²) in [5, 5.41) is 5.32. The van der Waals surface area contributed by atoms with Crippen molar-refractivity contribution in [3.63, 3.8) is 0 Å². The normalized spacial score (nSPS) is 12.3. The van der Waals surface area contributed by atoms with Gasteiger partial charge in [0.1, 0.15) is 18.7 Å². The first-order valence-corrected chi connectivity index (χ1v) is 11.3. The summed E-state index contributed by atoms with van der Waals surface area (Å²) in [5.41, 5.74) is 1.73. The molecule has 2 rings (SSSR count). The van der Waals surface area contributed by atoms with E-state index in [-0.39, 0.29) is 13.0 Å². The Morgan fingerprint density at radius 1 is 0.903 bits per heavy atom. The predicted molar refractivity (Wildman–Crippen MR) is 121 cm³/mol. The van der Waals surface area contributed by atoms with Crippen molar-refractivity contribution in [3.8, 4) is 0 Å². The van der Waals surface area contributed by atoms with E-state index in [4.69, 9.17) is 9.47 Å². The first kappa shape index (κ1) is 24.3. The van der Waals surface area contributed by atoms with E-state index in [9.17, 15) is 14.4 Å². The molecule has 0 aliphatic carbocycles. The Kier molecular flexibility index (Phi) is 10.4. The molecule has 0 radical (unpaired) electrons. The first-order chi connectivity index (χ1) is 15.0. The van der Waals surface area contributed by atoms with E-state index in [0.29, 0.717) is 12.2 Å². The second-order valence-corrected chi connectivity index (χ2v) is 7.80. The molecule has 0 aliphatic heterocycles. The van der Waals surface area contributed by atoms with Crippen LogP contribution in [0.1, 0.15) is 17.5 Å². The zero-order chi connectivity index (χ0) is 22.5. The number of carbonyl (C=O) groups excluding carboxylic acids is 3. The average molecular weight is 445 g/mol. The summed E-state index contributed by atoms with van der Waals surface area (Å²) in [4.78, 5) is 37.3. The molecule has 2 atom stereocenters. The molecule has 0 saturated carbocycles. The number of alkyl carbamates (subject to hydrolysis) is 1. The van der Waals surface area contributed by atoms with Crippen LogP contribution in [-0.2, 0) is 32.1 Å². The number of carbonyl (C=O) groups is 3. The lowest BCUT2D eigenvalue weighted by Crippen LogP contribution is -2.52. The highest BCUT2D eigenvalue weighted by molar-refractivity contribution is 7.98. The van der Waals surface area contributed by atoms with E-state index >= 15 is 0 Å². The quantitative estimate of drug-likeness (QED) is 0.518. The number of benzene rings is 2. The topological polar surface area (TPSA) is 93.7 Å². The van der Waals surface area contributed by atoms with Crippen LogP contribution >= 0.6 is 11.8 Å². The third kappa shape index (κ3) is 8.72. The maximum atomic E-state index is 12.9. The summed E-state index contributed by atoms with van der Waals surface area (Å²) in [7, 11) is 1.27. The van der Waals surface area contributed by atoms with Crippen molar-refractivity contribution in [2.75, 3.05) is 19.1 Å². The van der Waals surface area contributed by atoms with E-state index in [1.807, 2.05) is 66.9 Å². The molecule has 0 fully saturated rings. The molecular weight excluding hydrogens is 416 g/mol. The minimum atomic E-state index is -0.862. The van der Waals surface area contributed by atoms with Gasteiger partial charge in [0, 0.05) is 6.42 Å². The standard InChI is InChI=1S/C23H28N2O5S/c1-29-22(27)20(15-17-9-5-3-6-10-17)24-21(26)19(13-14-31-2)25-23(28)30-16-18-11-7-4-8-12-18/h3-12,19-20H,13-16H2,1-2H3,(H,24,26)(H,25,28)/t19-,20-/m0/s1. The summed E-state index contributed by atoms with van der Waals surface area (Å²) in [6.07, 6.45) is 1.90. The molecule has 2 N–H and O–H groups in total.